The van der Waals surface area contributed by atoms with Crippen LogP contribution in [0.5, 0.6) is 0 Å². The Morgan fingerprint density at radius 3 is 0.667 bits per heavy atom. The van der Waals surface area contributed by atoms with E-state index >= 15 is 0 Å². The van der Waals surface area contributed by atoms with Crippen LogP contribution in [0.25, 0.3) is 0 Å². The number of aliphatic hydroxyl groups excluding tert-OH is 2. The molecule has 69 heavy (non-hydrogen) atoms. The van der Waals surface area contributed by atoms with Gasteiger partial charge >= 0.3 is 16.5 Å². The summed E-state index contributed by atoms with van der Waals surface area (Å²) in [5, 5.41) is 27.7. The van der Waals surface area contributed by atoms with Gasteiger partial charge in [0.1, 0.15) is 23.3 Å². The van der Waals surface area contributed by atoms with E-state index in [-0.39, 0.29) is 29.7 Å². The van der Waals surface area contributed by atoms with Crippen molar-refractivity contribution in [2.24, 2.45) is 0 Å². The van der Waals surface area contributed by atoms with Crippen molar-refractivity contribution in [3.8, 4) is 0 Å². The fourth-order valence-electron chi connectivity index (χ4n) is 4.09. The molecule has 0 saturated heterocycles. The maximum Gasteiger partial charge on any atom is 2.00 e. The Morgan fingerprint density at radius 2 is 0.536 bits per heavy atom. The van der Waals surface area contributed by atoms with E-state index in [4.69, 9.17) is 47.5 Å². The first-order valence-electron chi connectivity index (χ1n) is 19.4. The third-order valence-electron chi connectivity index (χ3n) is 6.40. The fraction of sp³-hybridized carbons (Fsp3) is 0.0909. The Balaban J connectivity index is 0.000000806. The van der Waals surface area contributed by atoms with Gasteiger partial charge in [0.05, 0.1) is 47.5 Å². The number of aliphatic hydroxyl groups is 2. The van der Waals surface area contributed by atoms with Crippen LogP contribution in [0.15, 0.2) is 196 Å². The predicted molar refractivity (Wildman–Crippen MR) is 233 cm³/mol. The molecule has 0 saturated carbocycles. The molecule has 0 aliphatic heterocycles. The van der Waals surface area contributed by atoms with E-state index in [1.165, 1.54) is 0 Å². The molecule has 0 aromatic carbocycles. The van der Waals surface area contributed by atoms with Gasteiger partial charge in [0.2, 0.25) is 0 Å². The van der Waals surface area contributed by atoms with E-state index in [2.05, 4.69) is 61.1 Å². The summed E-state index contributed by atoms with van der Waals surface area (Å²) in [7, 11) is -9.89. The first-order chi connectivity index (χ1) is 32.6. The first-order valence-corrected chi connectivity index (χ1v) is 21.9. The van der Waals surface area contributed by atoms with Crippen molar-refractivity contribution >= 4 is 46.0 Å². The molecule has 0 fully saturated rings. The molecule has 0 atom stereocenters. The van der Waals surface area contributed by atoms with Crippen LogP contribution in [0.1, 0.15) is 13.8 Å². The zero-order valence-electron chi connectivity index (χ0n) is 36.7. The van der Waals surface area contributed by atoms with Gasteiger partial charge in [-0.05, 0) is 111 Å². The van der Waals surface area contributed by atoms with Gasteiger partial charge in [0, 0.05) is 62.8 Å². The topological polar surface area (TPSA) is 376 Å². The molecule has 368 valence electrons. The van der Waals surface area contributed by atoms with E-state index < -0.39 is 20.5 Å². The van der Waals surface area contributed by atoms with E-state index in [9.17, 15) is 0 Å². The van der Waals surface area contributed by atoms with Crippen molar-refractivity contribution in [2.45, 2.75) is 13.8 Å². The van der Waals surface area contributed by atoms with Gasteiger partial charge < -0.3 is 31.5 Å². The van der Waals surface area contributed by atoms with Crippen molar-refractivity contribution < 1.29 is 84.5 Å². The van der Waals surface area contributed by atoms with Crippen molar-refractivity contribution in [3.05, 3.63) is 196 Å². The Hall–Kier alpha value is -6.93. The molecule has 8 aromatic heterocycles. The van der Waals surface area contributed by atoms with Gasteiger partial charge in [-0.3, -0.25) is 19.9 Å². The summed E-state index contributed by atoms with van der Waals surface area (Å²) >= 11 is 0. The van der Waals surface area contributed by atoms with Crippen LogP contribution >= 0.6 is 0 Å². The molecular weight excluding hydrogens is 986 g/mol. The number of halogens is 2. The molecule has 22 nitrogen and oxygen atoms in total. The van der Waals surface area contributed by atoms with Crippen molar-refractivity contribution in [3.63, 3.8) is 0 Å². The number of rotatable bonds is 8. The SMILES string of the molecule is CCO.CCO.[Ni+2].[O-][Cl+3]([O-])([O-])[O-].[O-][Cl+3]([O-])([O-])[O-].c1ccc(Nc2cccnc2)nc1.c1ccc(Nc2cccnc2)nc1.c1ccc(Nc2cccnc2)nc1.c1ccc(Nc2cccnc2)nc1. The maximum absolute atomic E-state index is 8.49. The van der Waals surface area contributed by atoms with Crippen LogP contribution < -0.4 is 58.5 Å². The standard InChI is InChI=1S/4C10H9N3.2C2H6O.2ClHO4.Ni/c4*1-2-7-12-10(5-1)13-9-4-3-6-11-8-9;2*1-2-3;2*2-1(3,4)5;/h4*1-8H,(H,12,13);2*3H,2H2,1H3;2*(H,2,3,4,5);/q;;;;;;;;+2/p-2. The van der Waals surface area contributed by atoms with Gasteiger partial charge in [0.15, 0.2) is 0 Å². The van der Waals surface area contributed by atoms with E-state index in [0.29, 0.717) is 0 Å². The van der Waals surface area contributed by atoms with Crippen molar-refractivity contribution in [2.75, 3.05) is 34.5 Å². The molecule has 8 aromatic rings. The average Bonchev–Trinajstić information content (AvgIpc) is 3.32. The molecule has 0 bridgehead atoms. The second-order valence-electron chi connectivity index (χ2n) is 11.7. The minimum atomic E-state index is -4.94. The van der Waals surface area contributed by atoms with Gasteiger partial charge in [0.25, 0.3) is 0 Å². The molecule has 8 rings (SSSR count). The summed E-state index contributed by atoms with van der Waals surface area (Å²) in [6.07, 6.45) is 21.0. The Morgan fingerprint density at radius 1 is 0.348 bits per heavy atom. The third-order valence-corrected chi connectivity index (χ3v) is 6.40. The van der Waals surface area contributed by atoms with Crippen LogP contribution in [0, 0.1) is 20.5 Å². The zero-order valence-corrected chi connectivity index (χ0v) is 39.2. The molecule has 0 aliphatic rings. The van der Waals surface area contributed by atoms with E-state index in [1.807, 2.05) is 121 Å². The Bertz CT molecular complexity index is 1850. The zero-order chi connectivity index (χ0) is 50.1. The summed E-state index contributed by atoms with van der Waals surface area (Å²) in [4.78, 5) is 32.5. The summed E-state index contributed by atoms with van der Waals surface area (Å²) in [5.74, 6) is 3.32. The van der Waals surface area contributed by atoms with E-state index in [1.54, 1.807) is 88.2 Å². The molecule has 0 amide bonds. The second kappa shape index (κ2) is 39.1. The van der Waals surface area contributed by atoms with Gasteiger partial charge in [-0.2, -0.15) is 0 Å². The van der Waals surface area contributed by atoms with Gasteiger partial charge in [-0.25, -0.2) is 57.2 Å². The summed E-state index contributed by atoms with van der Waals surface area (Å²) in [5.41, 5.74) is 3.78. The van der Waals surface area contributed by atoms with Crippen LogP contribution in [-0.4, -0.2) is 63.3 Å². The second-order valence-corrected chi connectivity index (χ2v) is 13.2. The first kappa shape index (κ1) is 62.1. The fourth-order valence-corrected chi connectivity index (χ4v) is 4.09. The Kier molecular flexibility index (Phi) is 35.2. The molecule has 8 heterocycles. The van der Waals surface area contributed by atoms with Crippen LogP contribution in [0.4, 0.5) is 46.0 Å². The van der Waals surface area contributed by atoms with Gasteiger partial charge in [-0.15, -0.1) is 20.5 Å². The minimum absolute atomic E-state index is 0. The minimum Gasteiger partial charge on any atom is -0.397 e. The van der Waals surface area contributed by atoms with Crippen molar-refractivity contribution in [1.29, 1.82) is 0 Å². The quantitative estimate of drug-likeness (QED) is 0.103. The van der Waals surface area contributed by atoms with E-state index in [0.717, 1.165) is 46.0 Å². The normalized spacial score (nSPS) is 9.45. The van der Waals surface area contributed by atoms with Crippen molar-refractivity contribution in [1.82, 2.24) is 39.9 Å². The number of nitrogens with zero attached hydrogens (tertiary/aromatic N) is 8. The summed E-state index contributed by atoms with van der Waals surface area (Å²) in [6, 6.07) is 38.2. The monoisotopic (exact) mass is 1030 g/mol. The smallest absolute Gasteiger partial charge is 0.397 e. The summed E-state index contributed by atoms with van der Waals surface area (Å²) in [6.45, 7) is 3.86. The number of anilines is 8. The number of nitrogens with one attached hydrogen (secondary N) is 4. The predicted octanol–water partition coefficient (Wildman–Crippen LogP) is -0.637. The molecule has 6 N–H and O–H groups in total. The molecule has 25 heteroatoms. The largest absolute Gasteiger partial charge is 2.00 e. The third kappa shape index (κ3) is 39.9. The maximum atomic E-state index is 8.49. The number of hydrogen-bond acceptors (Lipinski definition) is 22. The molecular formula is C44H48Cl2N12NiO10. The number of aromatic nitrogens is 8. The Labute approximate surface area is 412 Å². The number of pyridine rings is 8. The number of hydrogen-bond donors (Lipinski definition) is 6. The molecule has 0 unspecified atom stereocenters. The summed E-state index contributed by atoms with van der Waals surface area (Å²) < 4.78 is 67.9. The van der Waals surface area contributed by atoms with Crippen LogP contribution in [0.2, 0.25) is 0 Å². The van der Waals surface area contributed by atoms with Gasteiger partial charge in [-0.1, -0.05) is 24.3 Å². The molecule has 0 radical (unpaired) electrons. The van der Waals surface area contributed by atoms with Crippen LogP contribution in [0.3, 0.4) is 0 Å². The average molecular weight is 1030 g/mol. The molecule has 0 spiro atoms. The molecule has 0 aliphatic carbocycles. The van der Waals surface area contributed by atoms with Crippen LogP contribution in [-0.2, 0) is 16.5 Å².